The van der Waals surface area contributed by atoms with E-state index >= 15 is 0 Å². The van der Waals surface area contributed by atoms with Crippen molar-refractivity contribution in [3.8, 4) is 0 Å². The monoisotopic (exact) mass is 240 g/mol. The fraction of sp³-hybridized carbons (Fsp3) is 0.923. The number of rotatable bonds is 3. The number of nitrogens with zero attached hydrogens (tertiary/aromatic N) is 3. The molecule has 0 aromatic heterocycles. The molecule has 0 aromatic carbocycles. The summed E-state index contributed by atoms with van der Waals surface area (Å²) < 4.78 is 0. The zero-order valence-electron chi connectivity index (χ0n) is 12.0. The van der Waals surface area contributed by atoms with Gasteiger partial charge in [0.25, 0.3) is 0 Å². The molecule has 4 nitrogen and oxygen atoms in total. The summed E-state index contributed by atoms with van der Waals surface area (Å²) in [6.45, 7) is 9.50. The number of hydrogen-bond donors (Lipinski definition) is 1. The lowest BCUT2D eigenvalue weighted by molar-refractivity contribution is 0.203. The van der Waals surface area contributed by atoms with E-state index in [1.807, 2.05) is 0 Å². The van der Waals surface area contributed by atoms with Gasteiger partial charge in [0.05, 0.1) is 6.54 Å². The van der Waals surface area contributed by atoms with Crippen LogP contribution >= 0.6 is 0 Å². The van der Waals surface area contributed by atoms with Crippen LogP contribution in [0.4, 0.5) is 0 Å². The van der Waals surface area contributed by atoms with Gasteiger partial charge in [0.15, 0.2) is 5.96 Å². The minimum Gasteiger partial charge on any atom is -0.370 e. The Morgan fingerprint density at radius 1 is 1.47 bits per heavy atom. The van der Waals surface area contributed by atoms with Crippen LogP contribution in [-0.4, -0.2) is 55.0 Å². The molecule has 1 rings (SSSR count). The third kappa shape index (κ3) is 4.19. The Labute approximate surface area is 106 Å². The lowest BCUT2D eigenvalue weighted by Crippen LogP contribution is -2.46. The summed E-state index contributed by atoms with van der Waals surface area (Å²) in [7, 11) is 4.16. The first-order valence-electron chi connectivity index (χ1n) is 6.55. The Morgan fingerprint density at radius 3 is 2.65 bits per heavy atom. The number of hydrogen-bond acceptors (Lipinski definition) is 2. The van der Waals surface area contributed by atoms with E-state index in [0.29, 0.717) is 5.96 Å². The fourth-order valence-corrected chi connectivity index (χ4v) is 1.91. The summed E-state index contributed by atoms with van der Waals surface area (Å²) in [4.78, 5) is 8.96. The maximum absolute atomic E-state index is 6.08. The van der Waals surface area contributed by atoms with Gasteiger partial charge in [0, 0.05) is 18.6 Å². The minimum atomic E-state index is 0.0615. The molecule has 0 bridgehead atoms. The van der Waals surface area contributed by atoms with Gasteiger partial charge in [-0.05, 0) is 46.7 Å². The van der Waals surface area contributed by atoms with Gasteiger partial charge < -0.3 is 15.5 Å². The number of guanidine groups is 1. The minimum absolute atomic E-state index is 0.0615. The maximum atomic E-state index is 6.08. The van der Waals surface area contributed by atoms with E-state index < -0.39 is 0 Å². The van der Waals surface area contributed by atoms with Gasteiger partial charge in [-0.25, -0.2) is 0 Å². The van der Waals surface area contributed by atoms with Crippen LogP contribution < -0.4 is 5.73 Å². The van der Waals surface area contributed by atoms with Crippen molar-refractivity contribution in [1.82, 2.24) is 9.80 Å². The Bertz CT molecular complexity index is 271. The van der Waals surface area contributed by atoms with Crippen LogP contribution in [0.2, 0.25) is 0 Å². The maximum Gasteiger partial charge on any atom is 0.191 e. The van der Waals surface area contributed by atoms with E-state index in [4.69, 9.17) is 5.73 Å². The molecule has 1 atom stereocenters. The number of likely N-dealkylation sites (N-methyl/N-ethyl adjacent to an activating group) is 1. The zero-order valence-corrected chi connectivity index (χ0v) is 12.0. The summed E-state index contributed by atoms with van der Waals surface area (Å²) in [5.41, 5.74) is 6.14. The van der Waals surface area contributed by atoms with E-state index in [9.17, 15) is 0 Å². The predicted octanol–water partition coefficient (Wildman–Crippen LogP) is 1.37. The third-order valence-corrected chi connectivity index (χ3v) is 3.82. The number of nitrogens with two attached hydrogens (primary N) is 1. The van der Waals surface area contributed by atoms with Crippen molar-refractivity contribution in [1.29, 1.82) is 0 Å². The summed E-state index contributed by atoms with van der Waals surface area (Å²) >= 11 is 0. The average molecular weight is 240 g/mol. The standard InChI is InChI=1S/C13H28N4/c1-11-7-6-8-17(9-11)12(14)15-10-13(2,3)16(4)5/h11H,6-10H2,1-5H3,(H2,14,15). The van der Waals surface area contributed by atoms with Gasteiger partial charge in [0.1, 0.15) is 0 Å². The Kier molecular flexibility index (Phi) is 4.80. The molecule has 0 amide bonds. The fourth-order valence-electron chi connectivity index (χ4n) is 1.91. The normalized spacial score (nSPS) is 23.3. The van der Waals surface area contributed by atoms with Gasteiger partial charge in [-0.1, -0.05) is 6.92 Å². The van der Waals surface area contributed by atoms with Crippen molar-refractivity contribution in [2.24, 2.45) is 16.6 Å². The van der Waals surface area contributed by atoms with E-state index in [1.165, 1.54) is 12.8 Å². The molecule has 1 heterocycles. The molecule has 1 saturated heterocycles. The van der Waals surface area contributed by atoms with Crippen LogP contribution in [0.3, 0.4) is 0 Å². The molecule has 1 aliphatic heterocycles. The van der Waals surface area contributed by atoms with E-state index in [0.717, 1.165) is 25.6 Å². The van der Waals surface area contributed by atoms with Crippen molar-refractivity contribution in [3.05, 3.63) is 0 Å². The SMILES string of the molecule is CC1CCCN(C(N)=NCC(C)(C)N(C)C)C1. The van der Waals surface area contributed by atoms with Crippen molar-refractivity contribution in [3.63, 3.8) is 0 Å². The van der Waals surface area contributed by atoms with Crippen LogP contribution in [0.5, 0.6) is 0 Å². The highest BCUT2D eigenvalue weighted by Crippen LogP contribution is 2.15. The summed E-state index contributed by atoms with van der Waals surface area (Å²) in [5.74, 6) is 1.45. The lowest BCUT2D eigenvalue weighted by atomic mass is 10.0. The second-order valence-corrected chi connectivity index (χ2v) is 6.07. The molecule has 17 heavy (non-hydrogen) atoms. The Balaban J connectivity index is 2.54. The Hall–Kier alpha value is -0.770. The first kappa shape index (κ1) is 14.3. The molecule has 1 unspecified atom stereocenters. The first-order valence-corrected chi connectivity index (χ1v) is 6.55. The average Bonchev–Trinajstić information content (AvgIpc) is 2.25. The van der Waals surface area contributed by atoms with Gasteiger partial charge in [-0.2, -0.15) is 0 Å². The molecular formula is C13H28N4. The molecule has 4 heteroatoms. The summed E-state index contributed by atoms with van der Waals surface area (Å²) in [6.07, 6.45) is 2.54. The third-order valence-electron chi connectivity index (χ3n) is 3.82. The van der Waals surface area contributed by atoms with Crippen LogP contribution in [0.15, 0.2) is 4.99 Å². The second kappa shape index (κ2) is 5.71. The van der Waals surface area contributed by atoms with E-state index in [2.05, 4.69) is 49.7 Å². The Morgan fingerprint density at radius 2 is 2.12 bits per heavy atom. The van der Waals surface area contributed by atoms with E-state index in [-0.39, 0.29) is 5.54 Å². The predicted molar refractivity (Wildman–Crippen MR) is 74.2 cm³/mol. The molecule has 0 aromatic rings. The van der Waals surface area contributed by atoms with Crippen LogP contribution in [0.1, 0.15) is 33.6 Å². The van der Waals surface area contributed by atoms with Crippen molar-refractivity contribution in [2.45, 2.75) is 39.2 Å². The molecule has 0 aliphatic carbocycles. The molecule has 0 radical (unpaired) electrons. The summed E-state index contributed by atoms with van der Waals surface area (Å²) in [5, 5.41) is 0. The van der Waals surface area contributed by atoms with Gasteiger partial charge in [-0.3, -0.25) is 4.99 Å². The number of aliphatic imine (C=N–C) groups is 1. The highest BCUT2D eigenvalue weighted by Gasteiger charge is 2.22. The van der Waals surface area contributed by atoms with Crippen molar-refractivity contribution < 1.29 is 0 Å². The number of piperidine rings is 1. The molecular weight excluding hydrogens is 212 g/mol. The molecule has 0 saturated carbocycles. The van der Waals surface area contributed by atoms with Gasteiger partial charge >= 0.3 is 0 Å². The van der Waals surface area contributed by atoms with Crippen LogP contribution in [0.25, 0.3) is 0 Å². The van der Waals surface area contributed by atoms with Crippen LogP contribution in [-0.2, 0) is 0 Å². The highest BCUT2D eigenvalue weighted by molar-refractivity contribution is 5.78. The summed E-state index contributed by atoms with van der Waals surface area (Å²) in [6, 6.07) is 0. The number of likely N-dealkylation sites (tertiary alicyclic amines) is 1. The second-order valence-electron chi connectivity index (χ2n) is 6.07. The van der Waals surface area contributed by atoms with E-state index in [1.54, 1.807) is 0 Å². The molecule has 2 N–H and O–H groups in total. The molecule has 1 aliphatic rings. The largest absolute Gasteiger partial charge is 0.370 e. The van der Waals surface area contributed by atoms with Crippen LogP contribution in [0, 0.1) is 5.92 Å². The zero-order chi connectivity index (χ0) is 13.1. The van der Waals surface area contributed by atoms with Gasteiger partial charge in [0.2, 0.25) is 0 Å². The topological polar surface area (TPSA) is 44.9 Å². The lowest BCUT2D eigenvalue weighted by Gasteiger charge is -2.34. The van der Waals surface area contributed by atoms with Crippen molar-refractivity contribution in [2.75, 3.05) is 33.7 Å². The molecule has 100 valence electrons. The quantitative estimate of drug-likeness (QED) is 0.598. The van der Waals surface area contributed by atoms with Gasteiger partial charge in [-0.15, -0.1) is 0 Å². The highest BCUT2D eigenvalue weighted by atomic mass is 15.3. The molecule has 1 fully saturated rings. The smallest absolute Gasteiger partial charge is 0.191 e. The van der Waals surface area contributed by atoms with Crippen molar-refractivity contribution >= 4 is 5.96 Å². The first-order chi connectivity index (χ1) is 7.83. The molecule has 0 spiro atoms.